The summed E-state index contributed by atoms with van der Waals surface area (Å²) < 4.78 is 14.9. The molecule has 0 bridgehead atoms. The van der Waals surface area contributed by atoms with Crippen molar-refractivity contribution in [3.8, 4) is 0 Å². The van der Waals surface area contributed by atoms with E-state index in [0.29, 0.717) is 5.69 Å². The van der Waals surface area contributed by atoms with E-state index in [0.717, 1.165) is 0 Å². The third kappa shape index (κ3) is 1.71. The molecular weight excluding hydrogens is 167 g/mol. The van der Waals surface area contributed by atoms with E-state index in [9.17, 15) is 4.39 Å². The fourth-order valence-corrected chi connectivity index (χ4v) is 0.898. The van der Waals surface area contributed by atoms with Gasteiger partial charge in [0, 0.05) is 13.2 Å². The van der Waals surface area contributed by atoms with Crippen LogP contribution in [0.5, 0.6) is 0 Å². The summed E-state index contributed by atoms with van der Waals surface area (Å²) >= 11 is 5.41. The van der Waals surface area contributed by atoms with Crippen LogP contribution in [0.15, 0.2) is 12.3 Å². The number of hydrogen-bond acceptors (Lipinski definition) is 1. The highest BCUT2D eigenvalue weighted by atomic mass is 35.5. The summed E-state index contributed by atoms with van der Waals surface area (Å²) in [5.41, 5.74) is -1.13. The SMILES string of the molecule is Cn1ccc(C(C)(F)CCl)n1. The summed E-state index contributed by atoms with van der Waals surface area (Å²) in [6.07, 6.45) is 1.69. The quantitative estimate of drug-likeness (QED) is 0.629. The molecule has 0 aromatic carbocycles. The van der Waals surface area contributed by atoms with Crippen molar-refractivity contribution in [2.24, 2.45) is 7.05 Å². The Hall–Kier alpha value is -0.570. The predicted octanol–water partition coefficient (Wildman–Crippen LogP) is 1.84. The number of hydrogen-bond donors (Lipinski definition) is 0. The monoisotopic (exact) mass is 176 g/mol. The fraction of sp³-hybridized carbons (Fsp3) is 0.571. The zero-order valence-electron chi connectivity index (χ0n) is 6.51. The highest BCUT2D eigenvalue weighted by molar-refractivity contribution is 6.18. The highest BCUT2D eigenvalue weighted by Gasteiger charge is 2.26. The van der Waals surface area contributed by atoms with Gasteiger partial charge in [0.25, 0.3) is 0 Å². The van der Waals surface area contributed by atoms with Gasteiger partial charge in [-0.2, -0.15) is 5.10 Å². The van der Waals surface area contributed by atoms with Crippen molar-refractivity contribution in [3.05, 3.63) is 18.0 Å². The number of nitrogens with zero attached hydrogens (tertiary/aromatic N) is 2. The molecule has 4 heteroatoms. The van der Waals surface area contributed by atoms with Crippen molar-refractivity contribution in [2.45, 2.75) is 12.6 Å². The fourth-order valence-electron chi connectivity index (χ4n) is 0.762. The van der Waals surface area contributed by atoms with Gasteiger partial charge in [0.1, 0.15) is 5.69 Å². The van der Waals surface area contributed by atoms with E-state index in [2.05, 4.69) is 5.10 Å². The number of alkyl halides is 2. The van der Waals surface area contributed by atoms with Crippen LogP contribution in [0.4, 0.5) is 4.39 Å². The number of aromatic nitrogens is 2. The van der Waals surface area contributed by atoms with Crippen LogP contribution in [0.25, 0.3) is 0 Å². The van der Waals surface area contributed by atoms with Gasteiger partial charge in [-0.25, -0.2) is 4.39 Å². The maximum absolute atomic E-state index is 13.4. The molecule has 0 radical (unpaired) electrons. The molecule has 0 N–H and O–H groups in total. The molecule has 0 saturated carbocycles. The molecule has 1 unspecified atom stereocenters. The molecule has 1 rings (SSSR count). The van der Waals surface area contributed by atoms with Crippen LogP contribution < -0.4 is 0 Å². The molecule has 1 heterocycles. The molecule has 0 saturated heterocycles. The van der Waals surface area contributed by atoms with Gasteiger partial charge in [0.2, 0.25) is 0 Å². The van der Waals surface area contributed by atoms with Gasteiger partial charge in [0.15, 0.2) is 5.67 Å². The summed E-state index contributed by atoms with van der Waals surface area (Å²) in [7, 11) is 1.74. The second-order valence-corrected chi connectivity index (χ2v) is 2.97. The Morgan fingerprint density at radius 3 is 2.82 bits per heavy atom. The van der Waals surface area contributed by atoms with Gasteiger partial charge in [-0.05, 0) is 13.0 Å². The summed E-state index contributed by atoms with van der Waals surface area (Å²) in [4.78, 5) is 0. The van der Waals surface area contributed by atoms with E-state index >= 15 is 0 Å². The smallest absolute Gasteiger partial charge is 0.165 e. The van der Waals surface area contributed by atoms with Gasteiger partial charge in [-0.1, -0.05) is 0 Å². The summed E-state index contributed by atoms with van der Waals surface area (Å²) in [5, 5.41) is 3.91. The lowest BCUT2D eigenvalue weighted by Gasteiger charge is -2.12. The zero-order valence-corrected chi connectivity index (χ0v) is 7.27. The standard InChI is InChI=1S/C7H10ClFN2/c1-7(9,5-8)6-3-4-11(2)10-6/h3-4H,5H2,1-2H3. The second kappa shape index (κ2) is 2.81. The number of halogens is 2. The highest BCUT2D eigenvalue weighted by Crippen LogP contribution is 2.24. The molecule has 0 fully saturated rings. The van der Waals surface area contributed by atoms with Crippen molar-refractivity contribution in [2.75, 3.05) is 5.88 Å². The molecule has 1 aromatic rings. The van der Waals surface area contributed by atoms with Crippen molar-refractivity contribution >= 4 is 11.6 Å². The molecule has 2 nitrogen and oxygen atoms in total. The minimum Gasteiger partial charge on any atom is -0.275 e. The van der Waals surface area contributed by atoms with Crippen LogP contribution in [0.2, 0.25) is 0 Å². The van der Waals surface area contributed by atoms with Gasteiger partial charge >= 0.3 is 0 Å². The molecule has 0 amide bonds. The van der Waals surface area contributed by atoms with E-state index in [1.165, 1.54) is 6.92 Å². The molecule has 1 aromatic heterocycles. The predicted molar refractivity (Wildman–Crippen MR) is 42.4 cm³/mol. The normalized spacial score (nSPS) is 16.4. The van der Waals surface area contributed by atoms with Gasteiger partial charge < -0.3 is 0 Å². The first-order valence-corrected chi connectivity index (χ1v) is 3.85. The van der Waals surface area contributed by atoms with Crippen molar-refractivity contribution in [3.63, 3.8) is 0 Å². The molecule has 0 aliphatic heterocycles. The number of rotatable bonds is 2. The van der Waals surface area contributed by atoms with Crippen LogP contribution >= 0.6 is 11.6 Å². The van der Waals surface area contributed by atoms with Crippen LogP contribution in [-0.4, -0.2) is 15.7 Å². The molecule has 62 valence electrons. The summed E-state index contributed by atoms with van der Waals surface area (Å²) in [5.74, 6) is -0.0655. The Kier molecular flexibility index (Phi) is 2.18. The number of aryl methyl sites for hydroxylation is 1. The second-order valence-electron chi connectivity index (χ2n) is 2.71. The lowest BCUT2D eigenvalue weighted by molar-refractivity contribution is 0.217. The Labute approximate surface area is 70.0 Å². The Bertz CT molecular complexity index is 244. The van der Waals surface area contributed by atoms with Crippen molar-refractivity contribution in [1.82, 2.24) is 9.78 Å². The lowest BCUT2D eigenvalue weighted by Crippen LogP contribution is -2.18. The average Bonchev–Trinajstić information content (AvgIpc) is 2.36. The van der Waals surface area contributed by atoms with Crippen LogP contribution in [0, 0.1) is 0 Å². The molecule has 0 aliphatic carbocycles. The van der Waals surface area contributed by atoms with Gasteiger partial charge in [-0.15, -0.1) is 11.6 Å². The van der Waals surface area contributed by atoms with Crippen LogP contribution in [-0.2, 0) is 12.7 Å². The first-order valence-electron chi connectivity index (χ1n) is 3.31. The van der Waals surface area contributed by atoms with E-state index < -0.39 is 5.67 Å². The molecule has 11 heavy (non-hydrogen) atoms. The largest absolute Gasteiger partial charge is 0.275 e. The summed E-state index contributed by atoms with van der Waals surface area (Å²) in [6, 6.07) is 1.63. The Morgan fingerprint density at radius 1 is 1.82 bits per heavy atom. The minimum absolute atomic E-state index is 0.0655. The minimum atomic E-state index is -1.51. The van der Waals surface area contributed by atoms with Gasteiger partial charge in [0.05, 0.1) is 5.88 Å². The van der Waals surface area contributed by atoms with E-state index in [-0.39, 0.29) is 5.88 Å². The third-order valence-corrected chi connectivity index (χ3v) is 2.00. The first-order chi connectivity index (χ1) is 5.06. The van der Waals surface area contributed by atoms with Crippen LogP contribution in [0.3, 0.4) is 0 Å². The van der Waals surface area contributed by atoms with Crippen LogP contribution in [0.1, 0.15) is 12.6 Å². The van der Waals surface area contributed by atoms with E-state index in [1.54, 1.807) is 24.0 Å². The lowest BCUT2D eigenvalue weighted by atomic mass is 10.1. The first kappa shape index (κ1) is 8.53. The van der Waals surface area contributed by atoms with Crippen molar-refractivity contribution < 1.29 is 4.39 Å². The molecular formula is C7H10ClFN2. The summed E-state index contributed by atoms with van der Waals surface area (Å²) in [6.45, 7) is 1.42. The maximum Gasteiger partial charge on any atom is 0.165 e. The molecule has 0 aliphatic rings. The van der Waals surface area contributed by atoms with Gasteiger partial charge in [-0.3, -0.25) is 4.68 Å². The van der Waals surface area contributed by atoms with Crippen molar-refractivity contribution in [1.29, 1.82) is 0 Å². The Balaban J connectivity index is 2.92. The third-order valence-electron chi connectivity index (χ3n) is 1.50. The molecule has 1 atom stereocenters. The average molecular weight is 177 g/mol. The van der Waals surface area contributed by atoms with E-state index in [4.69, 9.17) is 11.6 Å². The topological polar surface area (TPSA) is 17.8 Å². The van der Waals surface area contributed by atoms with E-state index in [1.807, 2.05) is 0 Å². The molecule has 0 spiro atoms. The Morgan fingerprint density at radius 2 is 2.45 bits per heavy atom. The zero-order chi connectivity index (χ0) is 8.48. The maximum atomic E-state index is 13.4.